The van der Waals surface area contributed by atoms with E-state index in [0.717, 1.165) is 18.7 Å². The Kier molecular flexibility index (Phi) is 4.24. The number of ether oxygens (including phenoxy) is 1. The fraction of sp³-hybridized carbons (Fsp3) is 0.467. The maximum Gasteiger partial charge on any atom is 0.257 e. The smallest absolute Gasteiger partial charge is 0.257 e. The van der Waals surface area contributed by atoms with Crippen LogP contribution in [0.2, 0.25) is 5.02 Å². The van der Waals surface area contributed by atoms with Gasteiger partial charge in [-0.2, -0.15) is 4.98 Å². The van der Waals surface area contributed by atoms with Crippen LogP contribution in [0.4, 0.5) is 0 Å². The van der Waals surface area contributed by atoms with Crippen LogP contribution in [-0.2, 0) is 11.3 Å². The minimum Gasteiger partial charge on any atom is -0.376 e. The van der Waals surface area contributed by atoms with Gasteiger partial charge in [-0.05, 0) is 38.1 Å². The number of benzene rings is 1. The highest BCUT2D eigenvalue weighted by molar-refractivity contribution is 6.30. The summed E-state index contributed by atoms with van der Waals surface area (Å²) in [6, 6.07) is 7.73. The van der Waals surface area contributed by atoms with E-state index >= 15 is 0 Å². The van der Waals surface area contributed by atoms with Gasteiger partial charge in [-0.3, -0.25) is 4.90 Å². The van der Waals surface area contributed by atoms with Gasteiger partial charge in [0, 0.05) is 23.2 Å². The average molecular weight is 308 g/mol. The van der Waals surface area contributed by atoms with Crippen molar-refractivity contribution in [2.75, 3.05) is 13.2 Å². The van der Waals surface area contributed by atoms with Crippen molar-refractivity contribution in [1.82, 2.24) is 15.0 Å². The number of rotatable bonds is 3. The molecule has 0 unspecified atom stereocenters. The lowest BCUT2D eigenvalue weighted by Gasteiger charge is -2.35. The number of morpholine rings is 1. The fourth-order valence-electron chi connectivity index (χ4n) is 2.40. The zero-order valence-electron chi connectivity index (χ0n) is 12.1. The minimum absolute atomic E-state index is 0.240. The van der Waals surface area contributed by atoms with Crippen LogP contribution in [0.1, 0.15) is 19.7 Å². The van der Waals surface area contributed by atoms with E-state index in [2.05, 4.69) is 28.9 Å². The second-order valence-electron chi connectivity index (χ2n) is 5.45. The highest BCUT2D eigenvalue weighted by Gasteiger charge is 2.25. The van der Waals surface area contributed by atoms with Gasteiger partial charge in [0.2, 0.25) is 0 Å². The van der Waals surface area contributed by atoms with E-state index < -0.39 is 0 Å². The molecule has 1 aliphatic rings. The quantitative estimate of drug-likeness (QED) is 0.872. The molecule has 2 aromatic rings. The molecule has 0 spiro atoms. The molecular weight excluding hydrogens is 290 g/mol. The van der Waals surface area contributed by atoms with Crippen molar-refractivity contribution in [3.05, 3.63) is 35.1 Å². The molecule has 1 fully saturated rings. The Bertz CT molecular complexity index is 599. The van der Waals surface area contributed by atoms with Gasteiger partial charge in [0.15, 0.2) is 5.82 Å². The molecule has 0 amide bonds. The first-order chi connectivity index (χ1) is 10.1. The largest absolute Gasteiger partial charge is 0.376 e. The number of nitrogens with zero attached hydrogens (tertiary/aromatic N) is 3. The molecule has 2 heterocycles. The summed E-state index contributed by atoms with van der Waals surface area (Å²) < 4.78 is 11.0. The van der Waals surface area contributed by atoms with Gasteiger partial charge in [-0.1, -0.05) is 16.8 Å². The normalized spacial score (nSPS) is 23.4. The molecule has 0 aliphatic carbocycles. The van der Waals surface area contributed by atoms with Gasteiger partial charge in [-0.25, -0.2) is 0 Å². The highest BCUT2D eigenvalue weighted by atomic mass is 35.5. The predicted octanol–water partition coefficient (Wildman–Crippen LogP) is 3.00. The van der Waals surface area contributed by atoms with E-state index in [-0.39, 0.29) is 6.10 Å². The topological polar surface area (TPSA) is 51.4 Å². The van der Waals surface area contributed by atoms with Crippen molar-refractivity contribution in [2.24, 2.45) is 0 Å². The highest BCUT2D eigenvalue weighted by Crippen LogP contribution is 2.21. The van der Waals surface area contributed by atoms with Crippen LogP contribution < -0.4 is 0 Å². The summed E-state index contributed by atoms with van der Waals surface area (Å²) in [5, 5.41) is 4.76. The van der Waals surface area contributed by atoms with Gasteiger partial charge in [0.05, 0.1) is 19.3 Å². The zero-order chi connectivity index (χ0) is 14.8. The molecule has 0 N–H and O–H groups in total. The number of halogens is 1. The Balaban J connectivity index is 1.71. The maximum absolute atomic E-state index is 5.88. The predicted molar refractivity (Wildman–Crippen MR) is 80.0 cm³/mol. The Hall–Kier alpha value is -1.43. The van der Waals surface area contributed by atoms with E-state index in [9.17, 15) is 0 Å². The monoisotopic (exact) mass is 307 g/mol. The molecule has 21 heavy (non-hydrogen) atoms. The lowest BCUT2D eigenvalue weighted by atomic mass is 10.2. The molecule has 3 rings (SSSR count). The molecule has 6 heteroatoms. The number of aromatic nitrogens is 2. The molecule has 1 aromatic carbocycles. The van der Waals surface area contributed by atoms with Crippen molar-refractivity contribution >= 4 is 11.6 Å². The summed E-state index contributed by atoms with van der Waals surface area (Å²) in [5.41, 5.74) is 0.876. The first-order valence-electron chi connectivity index (χ1n) is 7.06. The first-order valence-corrected chi connectivity index (χ1v) is 7.44. The van der Waals surface area contributed by atoms with Crippen LogP contribution in [0.25, 0.3) is 11.5 Å². The molecule has 1 aromatic heterocycles. The van der Waals surface area contributed by atoms with Crippen LogP contribution >= 0.6 is 11.6 Å². The van der Waals surface area contributed by atoms with Crippen LogP contribution in [0.5, 0.6) is 0 Å². The lowest BCUT2D eigenvalue weighted by molar-refractivity contribution is -0.0536. The summed E-state index contributed by atoms with van der Waals surface area (Å²) in [7, 11) is 0. The van der Waals surface area contributed by atoms with E-state index in [1.165, 1.54) is 0 Å². The van der Waals surface area contributed by atoms with E-state index in [0.29, 0.717) is 29.3 Å². The Labute approximate surface area is 128 Å². The molecule has 1 saturated heterocycles. The third-order valence-corrected chi connectivity index (χ3v) is 3.89. The Morgan fingerprint density at radius 3 is 2.81 bits per heavy atom. The van der Waals surface area contributed by atoms with E-state index in [4.69, 9.17) is 20.9 Å². The van der Waals surface area contributed by atoms with Gasteiger partial charge in [0.25, 0.3) is 5.89 Å². The van der Waals surface area contributed by atoms with Gasteiger partial charge in [-0.15, -0.1) is 0 Å². The molecule has 2 atom stereocenters. The zero-order valence-corrected chi connectivity index (χ0v) is 12.9. The van der Waals surface area contributed by atoms with Crippen LogP contribution in [-0.4, -0.2) is 40.3 Å². The summed E-state index contributed by atoms with van der Waals surface area (Å²) in [6.07, 6.45) is 0.240. The van der Waals surface area contributed by atoms with E-state index in [1.54, 1.807) is 0 Å². The van der Waals surface area contributed by atoms with Gasteiger partial charge < -0.3 is 9.26 Å². The lowest BCUT2D eigenvalue weighted by Crippen LogP contribution is -2.46. The summed E-state index contributed by atoms with van der Waals surface area (Å²) >= 11 is 5.88. The number of hydrogen-bond donors (Lipinski definition) is 0. The van der Waals surface area contributed by atoms with Crippen molar-refractivity contribution in [1.29, 1.82) is 0 Å². The third-order valence-electron chi connectivity index (χ3n) is 3.64. The molecule has 5 nitrogen and oxygen atoms in total. The Morgan fingerprint density at radius 2 is 2.05 bits per heavy atom. The van der Waals surface area contributed by atoms with Crippen molar-refractivity contribution in [2.45, 2.75) is 32.5 Å². The van der Waals surface area contributed by atoms with Crippen molar-refractivity contribution in [3.8, 4) is 11.5 Å². The van der Waals surface area contributed by atoms with Crippen molar-refractivity contribution in [3.63, 3.8) is 0 Å². The molecular formula is C15H18ClN3O2. The van der Waals surface area contributed by atoms with Crippen molar-refractivity contribution < 1.29 is 9.26 Å². The maximum atomic E-state index is 5.88. The Morgan fingerprint density at radius 1 is 1.29 bits per heavy atom. The second kappa shape index (κ2) is 6.13. The minimum atomic E-state index is 0.240. The standard InChI is InChI=1S/C15H18ClN3O2/c1-10-9-20-11(2)7-19(10)8-14-17-15(21-18-14)12-3-5-13(16)6-4-12/h3-6,10-11H,7-9H2,1-2H3/t10-,11-/m1/s1. The average Bonchev–Trinajstić information content (AvgIpc) is 2.92. The third kappa shape index (κ3) is 3.43. The molecule has 0 bridgehead atoms. The molecule has 112 valence electrons. The fourth-order valence-corrected chi connectivity index (χ4v) is 2.53. The van der Waals surface area contributed by atoms with Crippen LogP contribution in [0, 0.1) is 0 Å². The summed E-state index contributed by atoms with van der Waals surface area (Å²) in [4.78, 5) is 6.77. The number of hydrogen-bond acceptors (Lipinski definition) is 5. The summed E-state index contributed by atoms with van der Waals surface area (Å²) in [6.45, 7) is 6.52. The van der Waals surface area contributed by atoms with Crippen LogP contribution in [0.3, 0.4) is 0 Å². The summed E-state index contributed by atoms with van der Waals surface area (Å²) in [5.74, 6) is 1.22. The van der Waals surface area contributed by atoms with E-state index in [1.807, 2.05) is 24.3 Å². The molecule has 0 radical (unpaired) electrons. The van der Waals surface area contributed by atoms with Gasteiger partial charge in [0.1, 0.15) is 0 Å². The SMILES string of the molecule is C[C@@H]1CN(Cc2noc(-c3ccc(Cl)cc3)n2)[C@H](C)CO1. The van der Waals surface area contributed by atoms with Gasteiger partial charge >= 0.3 is 0 Å². The molecule has 1 aliphatic heterocycles. The van der Waals surface area contributed by atoms with Crippen LogP contribution in [0.15, 0.2) is 28.8 Å². The second-order valence-corrected chi connectivity index (χ2v) is 5.88. The molecule has 0 saturated carbocycles. The first kappa shape index (κ1) is 14.5.